The number of hydrogen-bond acceptors (Lipinski definition) is 5. The summed E-state index contributed by atoms with van der Waals surface area (Å²) < 4.78 is 0.980. The van der Waals surface area contributed by atoms with Gasteiger partial charge in [-0.2, -0.15) is 4.98 Å². The van der Waals surface area contributed by atoms with Crippen molar-refractivity contribution in [2.75, 3.05) is 36.4 Å². The molecule has 0 atom stereocenters. The predicted octanol–water partition coefficient (Wildman–Crippen LogP) is 2.88. The monoisotopic (exact) mass is 389 g/mol. The van der Waals surface area contributed by atoms with Gasteiger partial charge in [-0.15, -0.1) is 0 Å². The molecule has 2 aromatic rings. The van der Waals surface area contributed by atoms with Crippen LogP contribution >= 0.6 is 15.9 Å². The Balaban J connectivity index is 1.80. The van der Waals surface area contributed by atoms with Crippen LogP contribution in [0.15, 0.2) is 28.7 Å². The van der Waals surface area contributed by atoms with Gasteiger partial charge in [0.25, 0.3) is 0 Å². The van der Waals surface area contributed by atoms with E-state index in [1.54, 1.807) is 4.90 Å². The molecule has 1 aromatic carbocycles. The SMILES string of the molecule is Cc1ccc(Nc2nc(C)cc(N3CCN(C=O)CC3)n2)c(Br)c1. The molecule has 7 heteroatoms. The Morgan fingerprint density at radius 1 is 1.12 bits per heavy atom. The van der Waals surface area contributed by atoms with Gasteiger partial charge in [0.1, 0.15) is 5.82 Å². The summed E-state index contributed by atoms with van der Waals surface area (Å²) in [5.74, 6) is 1.46. The summed E-state index contributed by atoms with van der Waals surface area (Å²) in [6, 6.07) is 8.08. The first-order valence-corrected chi connectivity index (χ1v) is 8.67. The normalized spacial score (nSPS) is 14.6. The maximum absolute atomic E-state index is 10.8. The van der Waals surface area contributed by atoms with E-state index in [1.807, 2.05) is 25.1 Å². The highest BCUT2D eigenvalue weighted by Crippen LogP contribution is 2.26. The Hall–Kier alpha value is -2.15. The van der Waals surface area contributed by atoms with Crippen molar-refractivity contribution in [3.05, 3.63) is 40.0 Å². The van der Waals surface area contributed by atoms with Gasteiger partial charge >= 0.3 is 0 Å². The van der Waals surface area contributed by atoms with Crippen LogP contribution in [0.5, 0.6) is 0 Å². The zero-order valence-corrected chi connectivity index (χ0v) is 15.4. The second-order valence-electron chi connectivity index (χ2n) is 5.93. The third-order valence-electron chi connectivity index (χ3n) is 4.00. The molecule has 126 valence electrons. The number of rotatable bonds is 4. The van der Waals surface area contributed by atoms with Crippen LogP contribution in [0, 0.1) is 13.8 Å². The summed E-state index contributed by atoms with van der Waals surface area (Å²) in [6.45, 7) is 7.01. The first-order chi connectivity index (χ1) is 11.5. The van der Waals surface area contributed by atoms with Crippen molar-refractivity contribution in [1.82, 2.24) is 14.9 Å². The van der Waals surface area contributed by atoms with E-state index in [9.17, 15) is 4.79 Å². The van der Waals surface area contributed by atoms with Crippen molar-refractivity contribution < 1.29 is 4.79 Å². The average molecular weight is 390 g/mol. The van der Waals surface area contributed by atoms with E-state index in [2.05, 4.69) is 49.1 Å². The van der Waals surface area contributed by atoms with E-state index < -0.39 is 0 Å². The fourth-order valence-corrected chi connectivity index (χ4v) is 3.26. The third kappa shape index (κ3) is 3.84. The maximum atomic E-state index is 10.8. The molecule has 0 radical (unpaired) electrons. The van der Waals surface area contributed by atoms with E-state index in [0.717, 1.165) is 54.3 Å². The minimum atomic E-state index is 0.576. The summed E-state index contributed by atoms with van der Waals surface area (Å²) in [5, 5.41) is 3.28. The zero-order chi connectivity index (χ0) is 17.1. The van der Waals surface area contributed by atoms with Crippen molar-refractivity contribution in [3.63, 3.8) is 0 Å². The molecule has 1 saturated heterocycles. The number of nitrogens with zero attached hydrogens (tertiary/aromatic N) is 4. The first kappa shape index (κ1) is 16.7. The highest BCUT2D eigenvalue weighted by molar-refractivity contribution is 9.10. The Morgan fingerprint density at radius 2 is 1.88 bits per heavy atom. The summed E-state index contributed by atoms with van der Waals surface area (Å²) in [7, 11) is 0. The van der Waals surface area contributed by atoms with Crippen molar-refractivity contribution in [3.8, 4) is 0 Å². The van der Waals surface area contributed by atoms with Gasteiger partial charge in [-0.3, -0.25) is 4.79 Å². The quantitative estimate of drug-likeness (QED) is 0.814. The summed E-state index contributed by atoms with van der Waals surface area (Å²) in [5.41, 5.74) is 3.03. The summed E-state index contributed by atoms with van der Waals surface area (Å²) in [6.07, 6.45) is 0.907. The van der Waals surface area contributed by atoms with Crippen LogP contribution < -0.4 is 10.2 Å². The molecule has 1 aliphatic rings. The van der Waals surface area contributed by atoms with E-state index in [4.69, 9.17) is 0 Å². The standard InChI is InChI=1S/C17H20BrN5O/c1-12-3-4-15(14(18)9-12)20-17-19-13(2)10-16(21-17)23-7-5-22(11-24)6-8-23/h3-4,9-11H,5-8H2,1-2H3,(H,19,20,21). The second kappa shape index (κ2) is 7.17. The van der Waals surface area contributed by atoms with E-state index in [1.165, 1.54) is 5.56 Å². The molecular weight excluding hydrogens is 370 g/mol. The Bertz CT molecular complexity index is 744. The van der Waals surface area contributed by atoms with E-state index >= 15 is 0 Å². The zero-order valence-electron chi connectivity index (χ0n) is 13.8. The number of piperazine rings is 1. The van der Waals surface area contributed by atoms with Gasteiger partial charge in [0.05, 0.1) is 5.69 Å². The van der Waals surface area contributed by atoms with Crippen LogP contribution in [0.3, 0.4) is 0 Å². The number of carbonyl (C=O) groups excluding carboxylic acids is 1. The molecule has 3 rings (SSSR count). The van der Waals surface area contributed by atoms with Gasteiger partial charge in [-0.1, -0.05) is 6.07 Å². The third-order valence-corrected chi connectivity index (χ3v) is 4.66. The largest absolute Gasteiger partial charge is 0.353 e. The Labute approximate surface area is 150 Å². The Kier molecular flexibility index (Phi) is 4.99. The van der Waals surface area contributed by atoms with Crippen LogP contribution in [-0.4, -0.2) is 47.5 Å². The minimum absolute atomic E-state index is 0.576. The number of benzene rings is 1. The van der Waals surface area contributed by atoms with E-state index in [-0.39, 0.29) is 0 Å². The fourth-order valence-electron chi connectivity index (χ4n) is 2.67. The lowest BCUT2D eigenvalue weighted by atomic mass is 10.2. The molecule has 1 aliphatic heterocycles. The Morgan fingerprint density at radius 3 is 2.54 bits per heavy atom. The van der Waals surface area contributed by atoms with Crippen molar-refractivity contribution >= 4 is 39.8 Å². The molecule has 1 N–H and O–H groups in total. The first-order valence-electron chi connectivity index (χ1n) is 7.88. The number of anilines is 3. The van der Waals surface area contributed by atoms with Crippen LogP contribution in [0.4, 0.5) is 17.5 Å². The molecular formula is C17H20BrN5O. The van der Waals surface area contributed by atoms with Gasteiger partial charge in [0.2, 0.25) is 12.4 Å². The van der Waals surface area contributed by atoms with Gasteiger partial charge < -0.3 is 15.1 Å². The van der Waals surface area contributed by atoms with Crippen molar-refractivity contribution in [1.29, 1.82) is 0 Å². The molecule has 0 spiro atoms. The molecule has 6 nitrogen and oxygen atoms in total. The number of hydrogen-bond donors (Lipinski definition) is 1. The van der Waals surface area contributed by atoms with Gasteiger partial charge in [0.15, 0.2) is 0 Å². The number of amides is 1. The summed E-state index contributed by atoms with van der Waals surface area (Å²) in [4.78, 5) is 23.9. The number of nitrogens with one attached hydrogen (secondary N) is 1. The predicted molar refractivity (Wildman–Crippen MR) is 98.8 cm³/mol. The number of halogens is 1. The van der Waals surface area contributed by atoms with E-state index in [0.29, 0.717) is 5.95 Å². The molecule has 0 bridgehead atoms. The van der Waals surface area contributed by atoms with Crippen molar-refractivity contribution in [2.45, 2.75) is 13.8 Å². The lowest BCUT2D eigenvalue weighted by Gasteiger charge is -2.33. The maximum Gasteiger partial charge on any atom is 0.229 e. The fraction of sp³-hybridized carbons (Fsp3) is 0.353. The lowest BCUT2D eigenvalue weighted by Crippen LogP contribution is -2.46. The van der Waals surface area contributed by atoms with Crippen molar-refractivity contribution in [2.24, 2.45) is 0 Å². The molecule has 1 aromatic heterocycles. The molecule has 0 unspecified atom stereocenters. The molecule has 0 saturated carbocycles. The van der Waals surface area contributed by atoms with Crippen LogP contribution in [0.2, 0.25) is 0 Å². The lowest BCUT2D eigenvalue weighted by molar-refractivity contribution is -0.118. The molecule has 1 amide bonds. The molecule has 0 aliphatic carbocycles. The van der Waals surface area contributed by atoms with Crippen LogP contribution in [0.1, 0.15) is 11.3 Å². The molecule has 2 heterocycles. The van der Waals surface area contributed by atoms with Gasteiger partial charge in [-0.05, 0) is 47.5 Å². The molecule has 1 fully saturated rings. The number of carbonyl (C=O) groups is 1. The highest BCUT2D eigenvalue weighted by Gasteiger charge is 2.18. The number of aromatic nitrogens is 2. The molecule has 24 heavy (non-hydrogen) atoms. The topological polar surface area (TPSA) is 61.4 Å². The van der Waals surface area contributed by atoms with Crippen LogP contribution in [-0.2, 0) is 4.79 Å². The van der Waals surface area contributed by atoms with Crippen LogP contribution in [0.25, 0.3) is 0 Å². The second-order valence-corrected chi connectivity index (χ2v) is 6.78. The minimum Gasteiger partial charge on any atom is -0.353 e. The average Bonchev–Trinajstić information content (AvgIpc) is 2.57. The van der Waals surface area contributed by atoms with Gasteiger partial charge in [-0.25, -0.2) is 4.98 Å². The smallest absolute Gasteiger partial charge is 0.229 e. The van der Waals surface area contributed by atoms with Gasteiger partial charge in [0, 0.05) is 42.4 Å². The highest BCUT2D eigenvalue weighted by atomic mass is 79.9. The number of aryl methyl sites for hydroxylation is 2. The summed E-state index contributed by atoms with van der Waals surface area (Å²) >= 11 is 3.57.